The zero-order valence-corrected chi connectivity index (χ0v) is 24.1. The highest BCUT2D eigenvalue weighted by molar-refractivity contribution is 7.22. The lowest BCUT2D eigenvalue weighted by atomic mass is 9.94. The van der Waals surface area contributed by atoms with Crippen molar-refractivity contribution in [2.24, 2.45) is 0 Å². The maximum Gasteiger partial charge on any atom is 0.301 e. The average Bonchev–Trinajstić information content (AvgIpc) is 3.61. The molecule has 9 heteroatoms. The minimum atomic E-state index is -0.935. The predicted octanol–water partition coefficient (Wildman–Crippen LogP) is 6.35. The molecule has 3 heterocycles. The number of ether oxygens (including phenoxy) is 3. The lowest BCUT2D eigenvalue weighted by molar-refractivity contribution is -0.132. The number of Topliss-reactive ketones (excluding diaryl/α,β-unsaturated/α-hetero) is 1. The number of carbonyl (C=O) groups excluding carboxylic acids is 2. The molecule has 0 unspecified atom stereocenters. The molecule has 1 fully saturated rings. The molecule has 41 heavy (non-hydrogen) atoms. The van der Waals surface area contributed by atoms with Crippen LogP contribution in [0.4, 0.5) is 5.13 Å². The number of aliphatic hydroxyl groups excluding tert-OH is 1. The molecule has 2 aliphatic rings. The van der Waals surface area contributed by atoms with E-state index in [0.717, 1.165) is 27.1 Å². The van der Waals surface area contributed by atoms with Crippen molar-refractivity contribution >= 4 is 44.1 Å². The molecule has 6 rings (SSSR count). The molecule has 3 aromatic carbocycles. The quantitative estimate of drug-likeness (QED) is 0.157. The van der Waals surface area contributed by atoms with Crippen LogP contribution in [0.3, 0.4) is 0 Å². The van der Waals surface area contributed by atoms with Crippen LogP contribution in [0.5, 0.6) is 17.2 Å². The molecule has 0 saturated carbocycles. The van der Waals surface area contributed by atoms with E-state index in [0.29, 0.717) is 47.4 Å². The second-order valence-corrected chi connectivity index (χ2v) is 11.2. The third-order valence-corrected chi connectivity index (χ3v) is 8.25. The van der Waals surface area contributed by atoms with E-state index in [-0.39, 0.29) is 17.4 Å². The molecule has 2 aliphatic heterocycles. The summed E-state index contributed by atoms with van der Waals surface area (Å²) in [6, 6.07) is 15.6. The van der Waals surface area contributed by atoms with Crippen LogP contribution in [0.25, 0.3) is 16.0 Å². The SMILES string of the molecule is CCOc1ccc([C@H]2C(=C(O)c3ccc4c(c3)C[C@@H](C)O4)C(=O)C(=O)N2c2nc3ccc(C)cc3s2)cc1OCC. The molecule has 1 aromatic heterocycles. The summed E-state index contributed by atoms with van der Waals surface area (Å²) in [7, 11) is 0. The Hall–Kier alpha value is -4.37. The number of benzene rings is 3. The first-order valence-corrected chi connectivity index (χ1v) is 14.5. The van der Waals surface area contributed by atoms with Gasteiger partial charge in [-0.3, -0.25) is 14.5 Å². The Labute approximate surface area is 241 Å². The van der Waals surface area contributed by atoms with E-state index in [1.165, 1.54) is 16.2 Å². The third-order valence-electron chi connectivity index (χ3n) is 7.24. The molecule has 0 radical (unpaired) electrons. The number of aryl methyl sites for hydroxylation is 1. The van der Waals surface area contributed by atoms with E-state index in [1.807, 2.05) is 52.0 Å². The molecule has 1 N–H and O–H groups in total. The minimum absolute atomic E-state index is 0.0102. The van der Waals surface area contributed by atoms with Crippen molar-refractivity contribution in [3.05, 3.63) is 82.4 Å². The predicted molar refractivity (Wildman–Crippen MR) is 158 cm³/mol. The van der Waals surface area contributed by atoms with Crippen LogP contribution in [-0.4, -0.2) is 41.1 Å². The molecular formula is C32H30N2O6S. The van der Waals surface area contributed by atoms with E-state index in [9.17, 15) is 14.7 Å². The second kappa shape index (κ2) is 10.6. The van der Waals surface area contributed by atoms with Gasteiger partial charge in [0.05, 0.1) is 35.0 Å². The minimum Gasteiger partial charge on any atom is -0.507 e. The van der Waals surface area contributed by atoms with E-state index in [2.05, 4.69) is 0 Å². The summed E-state index contributed by atoms with van der Waals surface area (Å²) < 4.78 is 18.3. The maximum atomic E-state index is 13.7. The topological polar surface area (TPSA) is 98.2 Å². The molecule has 1 saturated heterocycles. The van der Waals surface area contributed by atoms with Crippen molar-refractivity contribution in [3.8, 4) is 17.2 Å². The zero-order valence-electron chi connectivity index (χ0n) is 23.3. The van der Waals surface area contributed by atoms with Crippen molar-refractivity contribution in [2.45, 2.75) is 46.3 Å². The van der Waals surface area contributed by atoms with Crippen LogP contribution in [0, 0.1) is 6.92 Å². The van der Waals surface area contributed by atoms with Gasteiger partial charge in [0.25, 0.3) is 5.78 Å². The number of aliphatic hydroxyl groups is 1. The first-order valence-electron chi connectivity index (χ1n) is 13.7. The van der Waals surface area contributed by atoms with Gasteiger partial charge in [0, 0.05) is 12.0 Å². The monoisotopic (exact) mass is 570 g/mol. The summed E-state index contributed by atoms with van der Waals surface area (Å²) in [5, 5.41) is 12.0. The Morgan fingerprint density at radius 3 is 2.61 bits per heavy atom. The van der Waals surface area contributed by atoms with Crippen LogP contribution >= 0.6 is 11.3 Å². The highest BCUT2D eigenvalue weighted by atomic mass is 32.1. The van der Waals surface area contributed by atoms with Gasteiger partial charge in [0.2, 0.25) is 0 Å². The summed E-state index contributed by atoms with van der Waals surface area (Å²) in [6.07, 6.45) is 0.715. The zero-order chi connectivity index (χ0) is 28.8. The standard InChI is InChI=1S/C32H30N2O6S/c1-5-38-24-12-8-19(16-25(24)39-6-2)28-27(29(35)20-9-11-23-21(15-20)14-18(4)40-23)30(36)31(37)34(28)32-33-22-10-7-17(3)13-26(22)41-32/h7-13,15-16,18,28,35H,5-6,14H2,1-4H3/t18-,28+/m1/s1. The number of hydrogen-bond acceptors (Lipinski definition) is 8. The lowest BCUT2D eigenvalue weighted by Crippen LogP contribution is -2.29. The summed E-state index contributed by atoms with van der Waals surface area (Å²) in [5.74, 6) is 0.0159. The Balaban J connectivity index is 1.55. The largest absolute Gasteiger partial charge is 0.507 e. The number of carbonyl (C=O) groups is 2. The number of ketones is 1. The number of amides is 1. The van der Waals surface area contributed by atoms with Gasteiger partial charge in [-0.25, -0.2) is 4.98 Å². The molecule has 0 bridgehead atoms. The van der Waals surface area contributed by atoms with Crippen LogP contribution in [-0.2, 0) is 16.0 Å². The van der Waals surface area contributed by atoms with Crippen LogP contribution < -0.4 is 19.1 Å². The molecule has 0 aliphatic carbocycles. The number of aromatic nitrogens is 1. The Bertz CT molecular complexity index is 1720. The number of rotatable bonds is 7. The fourth-order valence-corrected chi connectivity index (χ4v) is 6.52. The number of hydrogen-bond donors (Lipinski definition) is 1. The van der Waals surface area contributed by atoms with Gasteiger partial charge in [-0.15, -0.1) is 0 Å². The summed E-state index contributed by atoms with van der Waals surface area (Å²) >= 11 is 1.33. The van der Waals surface area contributed by atoms with Crippen LogP contribution in [0.15, 0.2) is 60.2 Å². The first kappa shape index (κ1) is 26.8. The normalized spacial score (nSPS) is 19.5. The Morgan fingerprint density at radius 2 is 1.83 bits per heavy atom. The van der Waals surface area contributed by atoms with Gasteiger partial charge in [-0.1, -0.05) is 23.5 Å². The summed E-state index contributed by atoms with van der Waals surface area (Å²) in [6.45, 7) is 8.57. The van der Waals surface area contributed by atoms with Crippen LogP contribution in [0.1, 0.15) is 49.1 Å². The molecule has 2 atom stereocenters. The fourth-order valence-electron chi connectivity index (χ4n) is 5.43. The van der Waals surface area contributed by atoms with E-state index < -0.39 is 17.7 Å². The highest BCUT2D eigenvalue weighted by Gasteiger charge is 2.48. The van der Waals surface area contributed by atoms with Crippen molar-refractivity contribution in [1.82, 2.24) is 4.98 Å². The summed E-state index contributed by atoms with van der Waals surface area (Å²) in [5.41, 5.74) is 3.75. The molecule has 210 valence electrons. The van der Waals surface area contributed by atoms with E-state index in [4.69, 9.17) is 19.2 Å². The Kier molecular flexibility index (Phi) is 6.91. The number of anilines is 1. The molecule has 8 nitrogen and oxygen atoms in total. The van der Waals surface area contributed by atoms with Gasteiger partial charge in [-0.05, 0) is 86.8 Å². The molecule has 0 spiro atoms. The van der Waals surface area contributed by atoms with Crippen LogP contribution in [0.2, 0.25) is 0 Å². The molecular weight excluding hydrogens is 540 g/mol. The van der Waals surface area contributed by atoms with Gasteiger partial charge >= 0.3 is 5.91 Å². The van der Waals surface area contributed by atoms with Gasteiger partial charge in [0.1, 0.15) is 17.6 Å². The summed E-state index contributed by atoms with van der Waals surface area (Å²) in [4.78, 5) is 33.5. The van der Waals surface area contributed by atoms with Gasteiger partial charge < -0.3 is 19.3 Å². The Morgan fingerprint density at radius 1 is 1.05 bits per heavy atom. The number of thiazole rings is 1. The first-order chi connectivity index (χ1) is 19.8. The van der Waals surface area contributed by atoms with Crippen molar-refractivity contribution in [3.63, 3.8) is 0 Å². The fraction of sp³-hybridized carbons (Fsp3) is 0.281. The van der Waals surface area contributed by atoms with Crippen molar-refractivity contribution < 1.29 is 28.9 Å². The average molecular weight is 571 g/mol. The van der Waals surface area contributed by atoms with E-state index >= 15 is 0 Å². The molecule has 4 aromatic rings. The van der Waals surface area contributed by atoms with E-state index in [1.54, 1.807) is 30.3 Å². The second-order valence-electron chi connectivity index (χ2n) is 10.2. The highest BCUT2D eigenvalue weighted by Crippen LogP contribution is 2.46. The lowest BCUT2D eigenvalue weighted by Gasteiger charge is -2.24. The maximum absolute atomic E-state index is 13.7. The smallest absolute Gasteiger partial charge is 0.301 e. The van der Waals surface area contributed by atoms with Gasteiger partial charge in [-0.2, -0.15) is 0 Å². The van der Waals surface area contributed by atoms with Crippen molar-refractivity contribution in [1.29, 1.82) is 0 Å². The third kappa shape index (κ3) is 4.70. The number of nitrogens with zero attached hydrogens (tertiary/aromatic N) is 2. The molecule has 1 amide bonds. The van der Waals surface area contributed by atoms with Crippen molar-refractivity contribution in [2.75, 3.05) is 18.1 Å². The number of fused-ring (bicyclic) bond motifs is 2. The van der Waals surface area contributed by atoms with Gasteiger partial charge in [0.15, 0.2) is 16.6 Å².